The molecule has 0 aliphatic rings. The van der Waals surface area contributed by atoms with E-state index in [9.17, 15) is 0 Å². The minimum absolute atomic E-state index is 0.370. The Morgan fingerprint density at radius 3 is 2.31 bits per heavy atom. The molecular weight excluding hydrogens is 160 g/mol. The Labute approximate surface area is 83.5 Å². The Morgan fingerprint density at radius 2 is 1.85 bits per heavy atom. The molecule has 0 saturated heterocycles. The summed E-state index contributed by atoms with van der Waals surface area (Å²) in [6, 6.07) is 0. The highest BCUT2D eigenvalue weighted by atomic mass is 16.3. The van der Waals surface area contributed by atoms with E-state index in [0.29, 0.717) is 12.5 Å². The molecule has 0 aromatic carbocycles. The largest absolute Gasteiger partial charge is 0.396 e. The summed E-state index contributed by atoms with van der Waals surface area (Å²) < 4.78 is 0. The molecule has 0 radical (unpaired) electrons. The smallest absolute Gasteiger partial charge is 0.0459 e. The summed E-state index contributed by atoms with van der Waals surface area (Å²) in [6.07, 6.45) is 7.69. The standard InChI is InChI=1S/C12H26O/c1-4-6-7-8-11(3)9-12(5-2)10-13/h11-13H,4-10H2,1-3H3/t11-,12+/m0/s1. The van der Waals surface area contributed by atoms with Crippen molar-refractivity contribution in [3.8, 4) is 0 Å². The summed E-state index contributed by atoms with van der Waals surface area (Å²) in [6.45, 7) is 7.09. The van der Waals surface area contributed by atoms with Crippen LogP contribution in [-0.4, -0.2) is 11.7 Å². The van der Waals surface area contributed by atoms with E-state index >= 15 is 0 Å². The summed E-state index contributed by atoms with van der Waals surface area (Å²) in [5, 5.41) is 9.05. The zero-order valence-electron chi connectivity index (χ0n) is 9.55. The highest BCUT2D eigenvalue weighted by molar-refractivity contribution is 4.61. The van der Waals surface area contributed by atoms with Gasteiger partial charge in [-0.25, -0.2) is 0 Å². The summed E-state index contributed by atoms with van der Waals surface area (Å²) in [4.78, 5) is 0. The molecule has 0 amide bonds. The van der Waals surface area contributed by atoms with Gasteiger partial charge in [-0.1, -0.05) is 52.9 Å². The van der Waals surface area contributed by atoms with Crippen molar-refractivity contribution >= 4 is 0 Å². The summed E-state index contributed by atoms with van der Waals surface area (Å²) >= 11 is 0. The van der Waals surface area contributed by atoms with Crippen LogP contribution in [0.25, 0.3) is 0 Å². The van der Waals surface area contributed by atoms with Crippen molar-refractivity contribution in [1.82, 2.24) is 0 Å². The van der Waals surface area contributed by atoms with E-state index in [1.807, 2.05) is 0 Å². The molecule has 2 atom stereocenters. The molecule has 0 rings (SSSR count). The predicted octanol–water partition coefficient (Wildman–Crippen LogP) is 3.61. The molecule has 0 aliphatic heterocycles. The summed E-state index contributed by atoms with van der Waals surface area (Å²) in [7, 11) is 0. The molecule has 0 saturated carbocycles. The molecule has 13 heavy (non-hydrogen) atoms. The Hall–Kier alpha value is -0.0400. The van der Waals surface area contributed by atoms with Crippen LogP contribution in [0.15, 0.2) is 0 Å². The molecule has 0 aromatic heterocycles. The highest BCUT2D eigenvalue weighted by Gasteiger charge is 2.09. The molecule has 0 aromatic rings. The lowest BCUT2D eigenvalue weighted by molar-refractivity contribution is 0.196. The molecule has 0 spiro atoms. The third kappa shape index (κ3) is 7.06. The molecular formula is C12H26O. The Bertz CT molecular complexity index is 97.3. The first kappa shape index (κ1) is 13.0. The second kappa shape index (κ2) is 8.55. The zero-order valence-corrected chi connectivity index (χ0v) is 9.55. The van der Waals surface area contributed by atoms with Crippen molar-refractivity contribution in [2.45, 2.75) is 59.3 Å². The van der Waals surface area contributed by atoms with E-state index in [4.69, 9.17) is 5.11 Å². The lowest BCUT2D eigenvalue weighted by Crippen LogP contribution is -2.09. The molecule has 80 valence electrons. The predicted molar refractivity (Wildman–Crippen MR) is 58.8 cm³/mol. The van der Waals surface area contributed by atoms with Crippen LogP contribution in [0.5, 0.6) is 0 Å². The lowest BCUT2D eigenvalue weighted by Gasteiger charge is -2.17. The minimum atomic E-state index is 0.370. The van der Waals surface area contributed by atoms with Crippen molar-refractivity contribution in [2.24, 2.45) is 11.8 Å². The maximum atomic E-state index is 9.05. The topological polar surface area (TPSA) is 20.2 Å². The van der Waals surface area contributed by atoms with Crippen molar-refractivity contribution in [3.63, 3.8) is 0 Å². The SMILES string of the molecule is CCCCC[C@H](C)C[C@@H](CC)CO. The number of rotatable bonds is 8. The van der Waals surface area contributed by atoms with Gasteiger partial charge in [0.2, 0.25) is 0 Å². The minimum Gasteiger partial charge on any atom is -0.396 e. The fourth-order valence-electron chi connectivity index (χ4n) is 1.80. The van der Waals surface area contributed by atoms with Gasteiger partial charge in [-0.3, -0.25) is 0 Å². The first-order valence-electron chi connectivity index (χ1n) is 5.85. The van der Waals surface area contributed by atoms with Crippen LogP contribution in [0.1, 0.15) is 59.3 Å². The van der Waals surface area contributed by atoms with Gasteiger partial charge in [-0.15, -0.1) is 0 Å². The van der Waals surface area contributed by atoms with Gasteiger partial charge in [-0.2, -0.15) is 0 Å². The number of aliphatic hydroxyl groups excluding tert-OH is 1. The zero-order chi connectivity index (χ0) is 10.1. The number of hydrogen-bond donors (Lipinski definition) is 1. The normalized spacial score (nSPS) is 15.7. The van der Waals surface area contributed by atoms with E-state index in [-0.39, 0.29) is 0 Å². The van der Waals surface area contributed by atoms with Gasteiger partial charge in [0.1, 0.15) is 0 Å². The van der Waals surface area contributed by atoms with E-state index in [0.717, 1.165) is 12.3 Å². The second-order valence-electron chi connectivity index (χ2n) is 4.29. The van der Waals surface area contributed by atoms with Crippen LogP contribution in [0.3, 0.4) is 0 Å². The molecule has 0 bridgehead atoms. The Morgan fingerprint density at radius 1 is 1.15 bits per heavy atom. The molecule has 0 aliphatic carbocycles. The van der Waals surface area contributed by atoms with Gasteiger partial charge in [0.25, 0.3) is 0 Å². The van der Waals surface area contributed by atoms with Crippen LogP contribution in [-0.2, 0) is 0 Å². The number of aliphatic hydroxyl groups is 1. The molecule has 0 unspecified atom stereocenters. The van der Waals surface area contributed by atoms with Gasteiger partial charge in [0.05, 0.1) is 0 Å². The van der Waals surface area contributed by atoms with Crippen molar-refractivity contribution in [2.75, 3.05) is 6.61 Å². The third-order valence-electron chi connectivity index (χ3n) is 2.87. The van der Waals surface area contributed by atoms with Crippen molar-refractivity contribution in [3.05, 3.63) is 0 Å². The van der Waals surface area contributed by atoms with Gasteiger partial charge in [0.15, 0.2) is 0 Å². The summed E-state index contributed by atoms with van der Waals surface area (Å²) in [5.41, 5.74) is 0. The second-order valence-corrected chi connectivity index (χ2v) is 4.29. The van der Waals surface area contributed by atoms with Crippen molar-refractivity contribution in [1.29, 1.82) is 0 Å². The van der Waals surface area contributed by atoms with Crippen LogP contribution in [0, 0.1) is 11.8 Å². The third-order valence-corrected chi connectivity index (χ3v) is 2.87. The fraction of sp³-hybridized carbons (Fsp3) is 1.00. The van der Waals surface area contributed by atoms with E-state index in [2.05, 4.69) is 20.8 Å². The average Bonchev–Trinajstić information content (AvgIpc) is 2.14. The van der Waals surface area contributed by atoms with E-state index in [1.165, 1.54) is 32.1 Å². The maximum absolute atomic E-state index is 9.05. The summed E-state index contributed by atoms with van der Waals surface area (Å²) in [5.74, 6) is 1.33. The fourth-order valence-corrected chi connectivity index (χ4v) is 1.80. The Kier molecular flexibility index (Phi) is 8.53. The van der Waals surface area contributed by atoms with Crippen LogP contribution >= 0.6 is 0 Å². The van der Waals surface area contributed by atoms with Crippen molar-refractivity contribution < 1.29 is 5.11 Å². The molecule has 0 fully saturated rings. The van der Waals surface area contributed by atoms with Gasteiger partial charge >= 0.3 is 0 Å². The van der Waals surface area contributed by atoms with E-state index in [1.54, 1.807) is 0 Å². The molecule has 1 nitrogen and oxygen atoms in total. The quantitative estimate of drug-likeness (QED) is 0.574. The first-order chi connectivity index (χ1) is 6.24. The van der Waals surface area contributed by atoms with Crippen LogP contribution in [0.4, 0.5) is 0 Å². The van der Waals surface area contributed by atoms with Crippen LogP contribution < -0.4 is 0 Å². The van der Waals surface area contributed by atoms with Gasteiger partial charge < -0.3 is 5.11 Å². The average molecular weight is 186 g/mol. The van der Waals surface area contributed by atoms with E-state index < -0.39 is 0 Å². The first-order valence-corrected chi connectivity index (χ1v) is 5.85. The molecule has 1 N–H and O–H groups in total. The molecule has 0 heterocycles. The maximum Gasteiger partial charge on any atom is 0.0459 e. The lowest BCUT2D eigenvalue weighted by atomic mass is 9.91. The van der Waals surface area contributed by atoms with Gasteiger partial charge in [0, 0.05) is 6.61 Å². The number of hydrogen-bond acceptors (Lipinski definition) is 1. The van der Waals surface area contributed by atoms with Crippen LogP contribution in [0.2, 0.25) is 0 Å². The Balaban J connectivity index is 3.42. The number of unbranched alkanes of at least 4 members (excludes halogenated alkanes) is 2. The van der Waals surface area contributed by atoms with Gasteiger partial charge in [-0.05, 0) is 18.3 Å². The highest BCUT2D eigenvalue weighted by Crippen LogP contribution is 2.19. The molecule has 1 heteroatoms. The monoisotopic (exact) mass is 186 g/mol.